The van der Waals surface area contributed by atoms with Gasteiger partial charge in [0.2, 0.25) is 5.90 Å². The fourth-order valence-corrected chi connectivity index (χ4v) is 3.31. The predicted octanol–water partition coefficient (Wildman–Crippen LogP) is 7.04. The van der Waals surface area contributed by atoms with E-state index in [0.717, 1.165) is 36.6 Å². The molecule has 3 heteroatoms. The summed E-state index contributed by atoms with van der Waals surface area (Å²) in [6.45, 7) is 18.5. The number of hydrogen-bond donors (Lipinski definition) is 0. The number of rotatable bonds is 7. The average Bonchev–Trinajstić information content (AvgIpc) is 3.08. The minimum atomic E-state index is 0.108. The minimum absolute atomic E-state index is 0.108. The highest BCUT2D eigenvalue weighted by Gasteiger charge is 2.32. The number of ether oxygens (including phenoxy) is 1. The number of aliphatic imine (C=N–C) groups is 2. The maximum Gasteiger partial charge on any atom is 0.231 e. The Balaban J connectivity index is 2.53. The van der Waals surface area contributed by atoms with E-state index in [-0.39, 0.29) is 11.5 Å². The molecule has 1 aromatic carbocycles. The van der Waals surface area contributed by atoms with Crippen LogP contribution in [-0.2, 0) is 4.74 Å². The summed E-state index contributed by atoms with van der Waals surface area (Å²) in [6.07, 6.45) is 3.15. The summed E-state index contributed by atoms with van der Waals surface area (Å²) >= 11 is 0. The van der Waals surface area contributed by atoms with Crippen LogP contribution >= 0.6 is 0 Å². The standard InChI is InChI=1S/C24H38N2O/c1-9-10-14-20(23-26-21(15-27-23)24(6,7)8)25-22-18(16(2)3)12-11-13-19(22)17(4)5/h11-13,16-17,21H,9-10,14-15H2,1-8H3/b25-20+/t21-/m1/s1. The summed E-state index contributed by atoms with van der Waals surface area (Å²) in [5.41, 5.74) is 4.86. The third kappa shape index (κ3) is 5.43. The Hall–Kier alpha value is -1.64. The number of para-hydroxylation sites is 1. The summed E-state index contributed by atoms with van der Waals surface area (Å²) < 4.78 is 6.04. The van der Waals surface area contributed by atoms with Crippen molar-refractivity contribution in [2.24, 2.45) is 15.4 Å². The lowest BCUT2D eigenvalue weighted by molar-refractivity contribution is 0.237. The van der Waals surface area contributed by atoms with Crippen molar-refractivity contribution in [2.45, 2.75) is 92.5 Å². The van der Waals surface area contributed by atoms with Gasteiger partial charge < -0.3 is 4.74 Å². The van der Waals surface area contributed by atoms with Crippen molar-refractivity contribution in [3.63, 3.8) is 0 Å². The Morgan fingerprint density at radius 3 is 2.19 bits per heavy atom. The van der Waals surface area contributed by atoms with Gasteiger partial charge in [0.15, 0.2) is 0 Å². The average molecular weight is 371 g/mol. The fraction of sp³-hybridized carbons (Fsp3) is 0.667. The monoisotopic (exact) mass is 370 g/mol. The Bertz CT molecular complexity index is 667. The summed E-state index contributed by atoms with van der Waals surface area (Å²) in [7, 11) is 0. The van der Waals surface area contributed by atoms with Gasteiger partial charge in [-0.1, -0.05) is 80.0 Å². The molecule has 0 fully saturated rings. The zero-order valence-electron chi connectivity index (χ0n) is 18.6. The van der Waals surface area contributed by atoms with E-state index in [2.05, 4.69) is 73.6 Å². The summed E-state index contributed by atoms with van der Waals surface area (Å²) in [6, 6.07) is 6.78. The molecule has 0 bridgehead atoms. The highest BCUT2D eigenvalue weighted by molar-refractivity contribution is 6.39. The van der Waals surface area contributed by atoms with Crippen molar-refractivity contribution in [3.8, 4) is 0 Å². The largest absolute Gasteiger partial charge is 0.474 e. The molecular formula is C24H38N2O. The zero-order chi connectivity index (χ0) is 20.2. The number of benzene rings is 1. The second kappa shape index (κ2) is 9.03. The van der Waals surface area contributed by atoms with E-state index in [0.29, 0.717) is 18.4 Å². The van der Waals surface area contributed by atoms with Crippen molar-refractivity contribution in [1.29, 1.82) is 0 Å². The number of unbranched alkanes of at least 4 members (excludes halogenated alkanes) is 1. The van der Waals surface area contributed by atoms with Crippen LogP contribution in [0.2, 0.25) is 0 Å². The molecule has 0 radical (unpaired) electrons. The Morgan fingerprint density at radius 1 is 1.15 bits per heavy atom. The highest BCUT2D eigenvalue weighted by atomic mass is 16.5. The molecule has 1 heterocycles. The molecule has 150 valence electrons. The lowest BCUT2D eigenvalue weighted by Crippen LogP contribution is -2.25. The molecular weight excluding hydrogens is 332 g/mol. The topological polar surface area (TPSA) is 34.0 Å². The Labute approximate surface area is 166 Å². The first-order chi connectivity index (χ1) is 12.6. The van der Waals surface area contributed by atoms with E-state index < -0.39 is 0 Å². The second-order valence-electron chi connectivity index (χ2n) is 9.38. The van der Waals surface area contributed by atoms with Crippen LogP contribution in [0.4, 0.5) is 5.69 Å². The lowest BCUT2D eigenvalue weighted by Gasteiger charge is -2.21. The summed E-state index contributed by atoms with van der Waals surface area (Å²) in [5.74, 6) is 1.63. The van der Waals surface area contributed by atoms with E-state index in [4.69, 9.17) is 14.7 Å². The van der Waals surface area contributed by atoms with Gasteiger partial charge in [0.25, 0.3) is 0 Å². The molecule has 1 aliphatic heterocycles. The lowest BCUT2D eigenvalue weighted by atomic mass is 9.88. The van der Waals surface area contributed by atoms with Crippen LogP contribution in [0.25, 0.3) is 0 Å². The van der Waals surface area contributed by atoms with Gasteiger partial charge in [-0.3, -0.25) is 0 Å². The van der Waals surface area contributed by atoms with Crippen molar-refractivity contribution >= 4 is 17.3 Å². The summed E-state index contributed by atoms with van der Waals surface area (Å²) in [4.78, 5) is 10.1. The maximum atomic E-state index is 6.04. The molecule has 2 rings (SSSR count). The van der Waals surface area contributed by atoms with Crippen molar-refractivity contribution < 1.29 is 4.74 Å². The first kappa shape index (κ1) is 21.7. The molecule has 0 saturated heterocycles. The van der Waals surface area contributed by atoms with Gasteiger partial charge in [0, 0.05) is 0 Å². The fourth-order valence-electron chi connectivity index (χ4n) is 3.31. The Kier molecular flexibility index (Phi) is 7.25. The molecule has 1 aliphatic rings. The zero-order valence-corrected chi connectivity index (χ0v) is 18.6. The first-order valence-electron chi connectivity index (χ1n) is 10.6. The van der Waals surface area contributed by atoms with Crippen LogP contribution in [-0.4, -0.2) is 24.3 Å². The van der Waals surface area contributed by atoms with Gasteiger partial charge in [-0.15, -0.1) is 0 Å². The van der Waals surface area contributed by atoms with E-state index in [1.165, 1.54) is 11.1 Å². The van der Waals surface area contributed by atoms with E-state index in [9.17, 15) is 0 Å². The molecule has 0 amide bonds. The molecule has 3 nitrogen and oxygen atoms in total. The van der Waals surface area contributed by atoms with Gasteiger partial charge in [-0.2, -0.15) is 0 Å². The smallest absolute Gasteiger partial charge is 0.231 e. The minimum Gasteiger partial charge on any atom is -0.474 e. The molecule has 0 saturated carbocycles. The number of nitrogens with zero attached hydrogens (tertiary/aromatic N) is 2. The molecule has 0 unspecified atom stereocenters. The molecule has 0 aliphatic carbocycles. The van der Waals surface area contributed by atoms with Crippen LogP contribution in [0.3, 0.4) is 0 Å². The van der Waals surface area contributed by atoms with Crippen molar-refractivity contribution in [3.05, 3.63) is 29.3 Å². The maximum absolute atomic E-state index is 6.04. The van der Waals surface area contributed by atoms with Crippen LogP contribution < -0.4 is 0 Å². The second-order valence-corrected chi connectivity index (χ2v) is 9.38. The van der Waals surface area contributed by atoms with Crippen LogP contribution in [0, 0.1) is 5.41 Å². The normalized spacial score (nSPS) is 18.2. The quantitative estimate of drug-likeness (QED) is 0.474. The predicted molar refractivity (Wildman–Crippen MR) is 118 cm³/mol. The molecule has 27 heavy (non-hydrogen) atoms. The Morgan fingerprint density at radius 2 is 1.74 bits per heavy atom. The van der Waals surface area contributed by atoms with E-state index >= 15 is 0 Å². The van der Waals surface area contributed by atoms with Crippen LogP contribution in [0.5, 0.6) is 0 Å². The van der Waals surface area contributed by atoms with Gasteiger partial charge in [0.1, 0.15) is 12.3 Å². The molecule has 0 N–H and O–H groups in total. The third-order valence-corrected chi connectivity index (χ3v) is 5.25. The van der Waals surface area contributed by atoms with Gasteiger partial charge in [-0.05, 0) is 41.2 Å². The molecule has 1 aromatic rings. The van der Waals surface area contributed by atoms with E-state index in [1.54, 1.807) is 0 Å². The third-order valence-electron chi connectivity index (χ3n) is 5.25. The van der Waals surface area contributed by atoms with E-state index in [1.807, 2.05) is 0 Å². The SMILES string of the molecule is CCCC/C(=N\c1c(C(C)C)cccc1C(C)C)C1=N[C@@H](C(C)(C)C)CO1. The van der Waals surface area contributed by atoms with Crippen molar-refractivity contribution in [2.75, 3.05) is 6.61 Å². The molecule has 0 spiro atoms. The van der Waals surface area contributed by atoms with Crippen LogP contribution in [0.1, 0.15) is 97.6 Å². The summed E-state index contributed by atoms with van der Waals surface area (Å²) in [5, 5.41) is 0. The first-order valence-corrected chi connectivity index (χ1v) is 10.6. The molecule has 0 aromatic heterocycles. The van der Waals surface area contributed by atoms with Gasteiger partial charge >= 0.3 is 0 Å². The van der Waals surface area contributed by atoms with Gasteiger partial charge in [-0.25, -0.2) is 9.98 Å². The molecule has 1 atom stereocenters. The van der Waals surface area contributed by atoms with Gasteiger partial charge in [0.05, 0.1) is 11.7 Å². The number of hydrogen-bond acceptors (Lipinski definition) is 3. The van der Waals surface area contributed by atoms with Crippen molar-refractivity contribution in [1.82, 2.24) is 0 Å². The highest BCUT2D eigenvalue weighted by Crippen LogP contribution is 2.35. The van der Waals surface area contributed by atoms with Crippen LogP contribution in [0.15, 0.2) is 28.2 Å².